The normalized spacial score (nSPS) is 30.0. The molecule has 2 N–H and O–H groups in total. The second kappa shape index (κ2) is 7.92. The molecule has 2 aromatic heterocycles. The maximum atomic E-state index is 13.4. The van der Waals surface area contributed by atoms with Crippen LogP contribution in [-0.2, 0) is 16.0 Å². The van der Waals surface area contributed by atoms with Gasteiger partial charge in [0, 0.05) is 24.6 Å². The van der Waals surface area contributed by atoms with Crippen molar-refractivity contribution < 1.29 is 9.59 Å². The lowest BCUT2D eigenvalue weighted by Gasteiger charge is -2.55. The molecule has 0 spiro atoms. The molecule has 1 atom stereocenters. The van der Waals surface area contributed by atoms with E-state index in [0.29, 0.717) is 30.7 Å². The van der Waals surface area contributed by atoms with Crippen molar-refractivity contribution in [3.8, 4) is 0 Å². The van der Waals surface area contributed by atoms with Crippen molar-refractivity contribution in [2.24, 2.45) is 29.1 Å². The molecular weight excluding hydrogens is 390 g/mol. The van der Waals surface area contributed by atoms with Crippen LogP contribution >= 0.6 is 0 Å². The molecule has 0 aromatic carbocycles. The summed E-state index contributed by atoms with van der Waals surface area (Å²) in [7, 11) is 0. The van der Waals surface area contributed by atoms with E-state index in [9.17, 15) is 9.59 Å². The highest BCUT2D eigenvalue weighted by Crippen LogP contribution is 2.60. The summed E-state index contributed by atoms with van der Waals surface area (Å²) in [5, 5.41) is 14.5. The maximum Gasteiger partial charge on any atom is 0.242 e. The van der Waals surface area contributed by atoms with Crippen LogP contribution in [0, 0.1) is 29.1 Å². The van der Waals surface area contributed by atoms with Gasteiger partial charge in [0.1, 0.15) is 11.9 Å². The first-order valence-corrected chi connectivity index (χ1v) is 11.8. The van der Waals surface area contributed by atoms with E-state index in [4.69, 9.17) is 0 Å². The van der Waals surface area contributed by atoms with Gasteiger partial charge in [-0.25, -0.2) is 0 Å². The third-order valence-electron chi connectivity index (χ3n) is 7.79. The monoisotopic (exact) mass is 423 g/mol. The molecule has 2 aromatic rings. The van der Waals surface area contributed by atoms with E-state index in [-0.39, 0.29) is 23.1 Å². The second-order valence-corrected chi connectivity index (χ2v) is 10.5. The van der Waals surface area contributed by atoms with Crippen LogP contribution in [-0.4, -0.2) is 39.0 Å². The van der Waals surface area contributed by atoms with Crippen LogP contribution in [0.25, 0.3) is 5.65 Å². The standard InChI is InChI=1S/C24H33N5O2/c1-15(2)21(22(30)25-7-6-20-28-27-19-5-3-4-8-29(19)20)26-23(31)24-12-16-9-17(13-24)11-18(10-16)14-24/h3-5,8,15-18,21H,6-7,9-14H2,1-2H3,(H,25,30)(H,26,31). The van der Waals surface area contributed by atoms with Gasteiger partial charge in [-0.2, -0.15) is 0 Å². The van der Waals surface area contributed by atoms with Crippen LogP contribution in [0.2, 0.25) is 0 Å². The maximum absolute atomic E-state index is 13.4. The highest BCUT2D eigenvalue weighted by molar-refractivity contribution is 5.90. The largest absolute Gasteiger partial charge is 0.354 e. The lowest BCUT2D eigenvalue weighted by Crippen LogP contribution is -2.58. The quantitative estimate of drug-likeness (QED) is 0.717. The molecule has 0 radical (unpaired) electrons. The SMILES string of the molecule is CC(C)C(NC(=O)C12CC3CC(CC(C3)C1)C2)C(=O)NCCc1nnc2ccccn12. The molecule has 2 heterocycles. The Labute approximate surface area is 183 Å². The van der Waals surface area contributed by atoms with Gasteiger partial charge >= 0.3 is 0 Å². The van der Waals surface area contributed by atoms with Crippen LogP contribution < -0.4 is 10.6 Å². The smallest absolute Gasteiger partial charge is 0.242 e. The van der Waals surface area contributed by atoms with E-state index < -0.39 is 6.04 Å². The zero-order valence-corrected chi connectivity index (χ0v) is 18.5. The van der Waals surface area contributed by atoms with E-state index >= 15 is 0 Å². The highest BCUT2D eigenvalue weighted by Gasteiger charge is 2.55. The molecule has 4 fully saturated rings. The predicted molar refractivity (Wildman–Crippen MR) is 117 cm³/mol. The molecule has 7 heteroatoms. The predicted octanol–water partition coefficient (Wildman–Crippen LogP) is 2.75. The molecule has 31 heavy (non-hydrogen) atoms. The number of rotatable bonds is 7. The third-order valence-corrected chi connectivity index (χ3v) is 7.79. The van der Waals surface area contributed by atoms with Crippen molar-refractivity contribution in [2.75, 3.05) is 6.54 Å². The number of hydrogen-bond donors (Lipinski definition) is 2. The Bertz CT molecular complexity index is 946. The van der Waals surface area contributed by atoms with E-state index in [0.717, 1.165) is 30.7 Å². The average Bonchev–Trinajstić information content (AvgIpc) is 3.13. The number of nitrogens with one attached hydrogen (secondary N) is 2. The second-order valence-electron chi connectivity index (χ2n) is 10.5. The summed E-state index contributed by atoms with van der Waals surface area (Å²) < 4.78 is 1.93. The molecule has 1 unspecified atom stereocenters. The number of carbonyl (C=O) groups is 2. The minimum Gasteiger partial charge on any atom is -0.354 e. The van der Waals surface area contributed by atoms with E-state index in [1.54, 1.807) is 0 Å². The number of hydrogen-bond acceptors (Lipinski definition) is 4. The summed E-state index contributed by atoms with van der Waals surface area (Å²) in [4.78, 5) is 26.4. The van der Waals surface area contributed by atoms with Crippen molar-refractivity contribution >= 4 is 17.5 Å². The molecule has 2 amide bonds. The number of nitrogens with zero attached hydrogens (tertiary/aromatic N) is 3. The summed E-state index contributed by atoms with van der Waals surface area (Å²) in [6.45, 7) is 4.46. The summed E-state index contributed by atoms with van der Waals surface area (Å²) >= 11 is 0. The van der Waals surface area contributed by atoms with Crippen LogP contribution in [0.4, 0.5) is 0 Å². The van der Waals surface area contributed by atoms with Crippen LogP contribution in [0.5, 0.6) is 0 Å². The minimum atomic E-state index is -0.504. The molecule has 4 saturated carbocycles. The minimum absolute atomic E-state index is 0.0341. The van der Waals surface area contributed by atoms with Gasteiger partial charge in [-0.1, -0.05) is 19.9 Å². The molecule has 7 nitrogen and oxygen atoms in total. The Balaban J connectivity index is 1.20. The van der Waals surface area contributed by atoms with Gasteiger partial charge < -0.3 is 10.6 Å². The lowest BCUT2D eigenvalue weighted by atomic mass is 9.49. The Hall–Kier alpha value is -2.44. The Kier molecular flexibility index (Phi) is 5.22. The first-order valence-electron chi connectivity index (χ1n) is 11.8. The lowest BCUT2D eigenvalue weighted by molar-refractivity contribution is -0.149. The summed E-state index contributed by atoms with van der Waals surface area (Å²) in [6, 6.07) is 5.27. The number of pyridine rings is 1. The number of aromatic nitrogens is 3. The molecule has 4 aliphatic carbocycles. The van der Waals surface area contributed by atoms with Gasteiger partial charge in [0.15, 0.2) is 5.65 Å². The van der Waals surface area contributed by atoms with Crippen molar-refractivity contribution in [2.45, 2.75) is 64.8 Å². The zero-order chi connectivity index (χ0) is 21.6. The fourth-order valence-corrected chi connectivity index (χ4v) is 6.69. The molecule has 4 aliphatic rings. The van der Waals surface area contributed by atoms with E-state index in [1.807, 2.05) is 42.6 Å². The Morgan fingerprint density at radius 2 is 1.77 bits per heavy atom. The van der Waals surface area contributed by atoms with Gasteiger partial charge in [0.25, 0.3) is 0 Å². The first-order chi connectivity index (χ1) is 14.9. The van der Waals surface area contributed by atoms with Crippen molar-refractivity contribution in [1.29, 1.82) is 0 Å². The highest BCUT2D eigenvalue weighted by atomic mass is 16.2. The molecule has 6 rings (SSSR count). The van der Waals surface area contributed by atoms with Crippen LogP contribution in [0.3, 0.4) is 0 Å². The van der Waals surface area contributed by atoms with Gasteiger partial charge in [0.2, 0.25) is 11.8 Å². The van der Waals surface area contributed by atoms with E-state index in [1.165, 1.54) is 19.3 Å². The first kappa shape index (κ1) is 20.5. The topological polar surface area (TPSA) is 88.4 Å². The number of fused-ring (bicyclic) bond motifs is 1. The van der Waals surface area contributed by atoms with Crippen molar-refractivity contribution in [3.63, 3.8) is 0 Å². The Morgan fingerprint density at radius 1 is 1.10 bits per heavy atom. The van der Waals surface area contributed by atoms with E-state index in [2.05, 4.69) is 20.8 Å². The third kappa shape index (κ3) is 3.83. The van der Waals surface area contributed by atoms with Gasteiger partial charge in [-0.15, -0.1) is 10.2 Å². The fourth-order valence-electron chi connectivity index (χ4n) is 6.69. The van der Waals surface area contributed by atoms with Gasteiger partial charge in [-0.3, -0.25) is 14.0 Å². The van der Waals surface area contributed by atoms with Crippen molar-refractivity contribution in [1.82, 2.24) is 25.2 Å². The molecule has 0 saturated heterocycles. The molecule has 166 valence electrons. The van der Waals surface area contributed by atoms with Crippen LogP contribution in [0.1, 0.15) is 58.2 Å². The molecule has 0 aliphatic heterocycles. The summed E-state index contributed by atoms with van der Waals surface area (Å²) in [5.41, 5.74) is 0.564. The van der Waals surface area contributed by atoms with Gasteiger partial charge in [0.05, 0.1) is 0 Å². The van der Waals surface area contributed by atoms with Gasteiger partial charge in [-0.05, 0) is 74.3 Å². The Morgan fingerprint density at radius 3 is 2.42 bits per heavy atom. The number of carbonyl (C=O) groups excluding carboxylic acids is 2. The average molecular weight is 424 g/mol. The van der Waals surface area contributed by atoms with Crippen molar-refractivity contribution in [3.05, 3.63) is 30.2 Å². The fraction of sp³-hybridized carbons (Fsp3) is 0.667. The summed E-state index contributed by atoms with van der Waals surface area (Å²) in [5.74, 6) is 2.98. The molecular formula is C24H33N5O2. The number of amides is 2. The zero-order valence-electron chi connectivity index (χ0n) is 18.5. The molecule has 4 bridgehead atoms. The van der Waals surface area contributed by atoms with Crippen LogP contribution in [0.15, 0.2) is 24.4 Å². The summed E-state index contributed by atoms with van der Waals surface area (Å²) in [6.07, 6.45) is 9.46.